The van der Waals surface area contributed by atoms with Crippen LogP contribution in [0.2, 0.25) is 0 Å². The Hall–Kier alpha value is -1.69. The number of nitrogens with two attached hydrogens (primary N) is 1. The third-order valence-corrected chi connectivity index (χ3v) is 4.34. The van der Waals surface area contributed by atoms with Gasteiger partial charge in [0.05, 0.1) is 11.6 Å². The first-order chi connectivity index (χ1) is 10.2. The van der Waals surface area contributed by atoms with Gasteiger partial charge >= 0.3 is 0 Å². The zero-order valence-electron chi connectivity index (χ0n) is 12.3. The largest absolute Gasteiger partial charge is 0.392 e. The molecule has 1 aliphatic rings. The van der Waals surface area contributed by atoms with Gasteiger partial charge in [-0.3, -0.25) is 4.90 Å². The normalized spacial score (nSPS) is 23.4. The molecule has 2 aromatic rings. The lowest BCUT2D eigenvalue weighted by atomic mass is 9.95. The fraction of sp³-hybridized carbons (Fsp3) is 0.438. The summed E-state index contributed by atoms with van der Waals surface area (Å²) in [5, 5.41) is 11.1. The van der Waals surface area contributed by atoms with Gasteiger partial charge in [0.15, 0.2) is 0 Å². The van der Waals surface area contributed by atoms with Crippen molar-refractivity contribution in [3.8, 4) is 0 Å². The molecule has 5 heteroatoms. The predicted molar refractivity (Wildman–Crippen MR) is 84.6 cm³/mol. The molecule has 0 aliphatic carbocycles. The molecule has 0 amide bonds. The number of nitrogens with zero attached hydrogens (tertiary/aromatic N) is 2. The van der Waals surface area contributed by atoms with Crippen LogP contribution in [0.5, 0.6) is 0 Å². The first-order valence-corrected chi connectivity index (χ1v) is 7.43. The summed E-state index contributed by atoms with van der Waals surface area (Å²) in [5.74, 6) is 6.70. The highest BCUT2D eigenvalue weighted by Gasteiger charge is 2.24. The van der Waals surface area contributed by atoms with E-state index in [1.807, 2.05) is 18.2 Å². The van der Waals surface area contributed by atoms with Crippen LogP contribution in [-0.4, -0.2) is 34.2 Å². The SMILES string of the molecule is CC1CCN(Cc2cc3ccccc3nc2NN)CC1O. The summed E-state index contributed by atoms with van der Waals surface area (Å²) in [4.78, 5) is 6.83. The third-order valence-electron chi connectivity index (χ3n) is 4.34. The topological polar surface area (TPSA) is 74.4 Å². The van der Waals surface area contributed by atoms with Gasteiger partial charge in [-0.15, -0.1) is 0 Å². The van der Waals surface area contributed by atoms with Crippen LogP contribution in [0.3, 0.4) is 0 Å². The van der Waals surface area contributed by atoms with Crippen LogP contribution in [0.25, 0.3) is 10.9 Å². The number of pyridine rings is 1. The van der Waals surface area contributed by atoms with Crippen molar-refractivity contribution in [2.45, 2.75) is 26.0 Å². The molecule has 0 saturated carbocycles. The summed E-state index contributed by atoms with van der Waals surface area (Å²) < 4.78 is 0. The number of hydrogen-bond donors (Lipinski definition) is 3. The Balaban J connectivity index is 1.85. The molecule has 1 fully saturated rings. The smallest absolute Gasteiger partial charge is 0.145 e. The lowest BCUT2D eigenvalue weighted by Gasteiger charge is -2.34. The average Bonchev–Trinajstić information content (AvgIpc) is 2.50. The fourth-order valence-electron chi connectivity index (χ4n) is 2.90. The molecule has 1 saturated heterocycles. The van der Waals surface area contributed by atoms with Gasteiger partial charge < -0.3 is 10.5 Å². The maximum Gasteiger partial charge on any atom is 0.145 e. The lowest BCUT2D eigenvalue weighted by Crippen LogP contribution is -2.42. The maximum absolute atomic E-state index is 10.0. The number of likely N-dealkylation sites (tertiary alicyclic amines) is 1. The fourth-order valence-corrected chi connectivity index (χ4v) is 2.90. The zero-order valence-corrected chi connectivity index (χ0v) is 12.3. The van der Waals surface area contributed by atoms with Crippen LogP contribution in [0, 0.1) is 5.92 Å². The second-order valence-corrected chi connectivity index (χ2v) is 5.90. The number of aromatic nitrogens is 1. The summed E-state index contributed by atoms with van der Waals surface area (Å²) in [7, 11) is 0. The molecule has 0 radical (unpaired) electrons. The molecule has 1 aromatic heterocycles. The number of fused-ring (bicyclic) bond motifs is 1. The summed E-state index contributed by atoms with van der Waals surface area (Å²) in [6.07, 6.45) is 0.773. The monoisotopic (exact) mass is 286 g/mol. The number of β-amino-alcohol motifs (C(OH)–C–C–N with tert-alkyl or cyclic N) is 1. The standard InChI is InChI=1S/C16H22N4O/c1-11-6-7-20(10-15(11)21)9-13-8-12-4-2-3-5-14(12)18-16(13)19-17/h2-5,8,11,15,21H,6-7,9-10,17H2,1H3,(H,18,19). The summed E-state index contributed by atoms with van der Waals surface area (Å²) in [6, 6.07) is 10.1. The zero-order chi connectivity index (χ0) is 14.8. The van der Waals surface area contributed by atoms with Crippen LogP contribution in [0.1, 0.15) is 18.9 Å². The second kappa shape index (κ2) is 5.97. The number of para-hydroxylation sites is 1. The van der Waals surface area contributed by atoms with E-state index in [1.54, 1.807) is 0 Å². The number of piperidine rings is 1. The Morgan fingerprint density at radius 3 is 3.00 bits per heavy atom. The Labute approximate surface area is 124 Å². The minimum absolute atomic E-state index is 0.249. The van der Waals surface area contributed by atoms with Gasteiger partial charge in [0.25, 0.3) is 0 Å². The van der Waals surface area contributed by atoms with Crippen molar-refractivity contribution in [2.24, 2.45) is 11.8 Å². The van der Waals surface area contributed by atoms with E-state index in [4.69, 9.17) is 5.84 Å². The van der Waals surface area contributed by atoms with E-state index in [2.05, 4.69) is 34.4 Å². The van der Waals surface area contributed by atoms with Gasteiger partial charge in [-0.2, -0.15) is 0 Å². The number of anilines is 1. The molecule has 2 unspecified atom stereocenters. The molecule has 21 heavy (non-hydrogen) atoms. The van der Waals surface area contributed by atoms with Crippen molar-refractivity contribution in [1.82, 2.24) is 9.88 Å². The number of rotatable bonds is 3. The first-order valence-electron chi connectivity index (χ1n) is 7.43. The molecule has 2 heterocycles. The second-order valence-electron chi connectivity index (χ2n) is 5.90. The Morgan fingerprint density at radius 2 is 2.24 bits per heavy atom. The highest BCUT2D eigenvalue weighted by Crippen LogP contribution is 2.24. The summed E-state index contributed by atoms with van der Waals surface area (Å²) in [6.45, 7) is 4.56. The van der Waals surface area contributed by atoms with Gasteiger partial charge in [0, 0.05) is 24.0 Å². The van der Waals surface area contributed by atoms with E-state index in [9.17, 15) is 5.11 Å². The van der Waals surface area contributed by atoms with Crippen molar-refractivity contribution >= 4 is 16.7 Å². The number of aliphatic hydroxyl groups excluding tert-OH is 1. The minimum atomic E-state index is -0.249. The van der Waals surface area contributed by atoms with Crippen LogP contribution in [0.4, 0.5) is 5.82 Å². The average molecular weight is 286 g/mol. The number of aliphatic hydroxyl groups is 1. The molecular weight excluding hydrogens is 264 g/mol. The molecule has 112 valence electrons. The van der Waals surface area contributed by atoms with Gasteiger partial charge in [-0.25, -0.2) is 10.8 Å². The van der Waals surface area contributed by atoms with Crippen LogP contribution in [-0.2, 0) is 6.54 Å². The van der Waals surface area contributed by atoms with Crippen molar-refractivity contribution in [1.29, 1.82) is 0 Å². The number of hydrogen-bond acceptors (Lipinski definition) is 5. The molecule has 3 rings (SSSR count). The number of nitrogens with one attached hydrogen (secondary N) is 1. The number of benzene rings is 1. The van der Waals surface area contributed by atoms with E-state index in [0.29, 0.717) is 18.3 Å². The van der Waals surface area contributed by atoms with Gasteiger partial charge in [-0.05, 0) is 31.0 Å². The number of hydrazine groups is 1. The van der Waals surface area contributed by atoms with Gasteiger partial charge in [0.2, 0.25) is 0 Å². The van der Waals surface area contributed by atoms with Crippen LogP contribution in [0.15, 0.2) is 30.3 Å². The first kappa shape index (κ1) is 14.3. The van der Waals surface area contributed by atoms with E-state index in [-0.39, 0.29) is 6.10 Å². The van der Waals surface area contributed by atoms with Gasteiger partial charge in [-0.1, -0.05) is 25.1 Å². The van der Waals surface area contributed by atoms with Gasteiger partial charge in [0.1, 0.15) is 5.82 Å². The molecule has 4 N–H and O–H groups in total. The van der Waals surface area contributed by atoms with Crippen LogP contribution >= 0.6 is 0 Å². The third kappa shape index (κ3) is 3.00. The summed E-state index contributed by atoms with van der Waals surface area (Å²) in [5.41, 5.74) is 4.70. The van der Waals surface area contributed by atoms with Crippen molar-refractivity contribution < 1.29 is 5.11 Å². The number of nitrogen functional groups attached to an aromatic ring is 1. The molecule has 2 atom stereocenters. The lowest BCUT2D eigenvalue weighted by molar-refractivity contribution is 0.0260. The summed E-state index contributed by atoms with van der Waals surface area (Å²) >= 11 is 0. The van der Waals surface area contributed by atoms with E-state index in [1.165, 1.54) is 0 Å². The van der Waals surface area contributed by atoms with E-state index < -0.39 is 0 Å². The van der Waals surface area contributed by atoms with E-state index >= 15 is 0 Å². The molecule has 1 aromatic carbocycles. The van der Waals surface area contributed by atoms with Crippen molar-refractivity contribution in [2.75, 3.05) is 18.5 Å². The molecule has 0 spiro atoms. The highest BCUT2D eigenvalue weighted by molar-refractivity contribution is 5.81. The van der Waals surface area contributed by atoms with Crippen molar-refractivity contribution in [3.05, 3.63) is 35.9 Å². The Morgan fingerprint density at radius 1 is 1.43 bits per heavy atom. The van der Waals surface area contributed by atoms with Crippen molar-refractivity contribution in [3.63, 3.8) is 0 Å². The molecule has 5 nitrogen and oxygen atoms in total. The highest BCUT2D eigenvalue weighted by atomic mass is 16.3. The maximum atomic E-state index is 10.0. The molecule has 1 aliphatic heterocycles. The Kier molecular flexibility index (Phi) is 4.05. The molecule has 0 bridgehead atoms. The minimum Gasteiger partial charge on any atom is -0.392 e. The Bertz CT molecular complexity index is 631. The van der Waals surface area contributed by atoms with Crippen LogP contribution < -0.4 is 11.3 Å². The predicted octanol–water partition coefficient (Wildman–Crippen LogP) is 1.72. The van der Waals surface area contributed by atoms with E-state index in [0.717, 1.165) is 36.0 Å². The quantitative estimate of drug-likeness (QED) is 0.592. The molecular formula is C16H22N4O.